The SMILES string of the molecule is COCCNC(=O)c1c[nH]n(-c2ccccc2)c1=O. The van der Waals surface area contributed by atoms with Crippen molar-refractivity contribution in [1.82, 2.24) is 15.1 Å². The van der Waals surface area contributed by atoms with Crippen LogP contribution < -0.4 is 10.9 Å². The number of H-pyrrole nitrogens is 1. The van der Waals surface area contributed by atoms with Crippen molar-refractivity contribution in [1.29, 1.82) is 0 Å². The summed E-state index contributed by atoms with van der Waals surface area (Å²) >= 11 is 0. The van der Waals surface area contributed by atoms with Gasteiger partial charge in [0, 0.05) is 19.9 Å². The fraction of sp³-hybridized carbons (Fsp3) is 0.231. The Labute approximate surface area is 110 Å². The number of carbonyl (C=O) groups excluding carboxylic acids is 1. The number of amides is 1. The molecule has 1 amide bonds. The van der Waals surface area contributed by atoms with Crippen LogP contribution in [-0.2, 0) is 4.74 Å². The predicted molar refractivity (Wildman–Crippen MR) is 70.6 cm³/mol. The van der Waals surface area contributed by atoms with Crippen molar-refractivity contribution in [2.24, 2.45) is 0 Å². The predicted octanol–water partition coefficient (Wildman–Crippen LogP) is 0.542. The van der Waals surface area contributed by atoms with Crippen molar-refractivity contribution >= 4 is 5.91 Å². The maximum absolute atomic E-state index is 12.1. The van der Waals surface area contributed by atoms with Crippen LogP contribution in [0.25, 0.3) is 5.69 Å². The smallest absolute Gasteiger partial charge is 0.284 e. The van der Waals surface area contributed by atoms with Crippen molar-refractivity contribution in [2.75, 3.05) is 20.3 Å². The largest absolute Gasteiger partial charge is 0.383 e. The van der Waals surface area contributed by atoms with Crippen molar-refractivity contribution in [3.8, 4) is 5.69 Å². The number of ether oxygens (including phenoxy) is 1. The molecule has 19 heavy (non-hydrogen) atoms. The van der Waals surface area contributed by atoms with Crippen molar-refractivity contribution < 1.29 is 9.53 Å². The van der Waals surface area contributed by atoms with E-state index < -0.39 is 5.91 Å². The highest BCUT2D eigenvalue weighted by Gasteiger charge is 2.14. The number of aromatic amines is 1. The van der Waals surface area contributed by atoms with Crippen LogP contribution in [0.5, 0.6) is 0 Å². The standard InChI is InChI=1S/C13H15N3O3/c1-19-8-7-14-12(17)11-9-15-16(13(11)18)10-5-3-2-4-6-10/h2-6,9,15H,7-8H2,1H3,(H,14,17). The summed E-state index contributed by atoms with van der Waals surface area (Å²) in [5, 5.41) is 5.38. The molecule has 0 atom stereocenters. The van der Waals surface area contributed by atoms with Gasteiger partial charge in [-0.1, -0.05) is 18.2 Å². The van der Waals surface area contributed by atoms with Crippen molar-refractivity contribution in [3.63, 3.8) is 0 Å². The second-order valence-electron chi connectivity index (χ2n) is 3.91. The maximum atomic E-state index is 12.1. The molecule has 100 valence electrons. The third kappa shape index (κ3) is 2.92. The highest BCUT2D eigenvalue weighted by Crippen LogP contribution is 2.02. The minimum atomic E-state index is -0.409. The molecule has 0 aliphatic carbocycles. The zero-order valence-corrected chi connectivity index (χ0v) is 10.6. The van der Waals surface area contributed by atoms with Gasteiger partial charge < -0.3 is 10.1 Å². The Morgan fingerprint density at radius 1 is 1.37 bits per heavy atom. The first-order chi connectivity index (χ1) is 9.24. The molecule has 0 saturated heterocycles. The summed E-state index contributed by atoms with van der Waals surface area (Å²) in [6.07, 6.45) is 1.40. The van der Waals surface area contributed by atoms with Crippen LogP contribution in [0.1, 0.15) is 10.4 Å². The van der Waals surface area contributed by atoms with E-state index in [1.54, 1.807) is 19.2 Å². The van der Waals surface area contributed by atoms with Crippen molar-refractivity contribution in [2.45, 2.75) is 0 Å². The molecule has 0 saturated carbocycles. The van der Waals surface area contributed by atoms with Crippen LogP contribution >= 0.6 is 0 Å². The molecule has 0 bridgehead atoms. The van der Waals surface area contributed by atoms with E-state index in [1.807, 2.05) is 18.2 Å². The van der Waals surface area contributed by atoms with E-state index in [-0.39, 0.29) is 11.1 Å². The number of nitrogens with one attached hydrogen (secondary N) is 2. The minimum Gasteiger partial charge on any atom is -0.383 e. The van der Waals surface area contributed by atoms with Gasteiger partial charge in [0.05, 0.1) is 12.3 Å². The molecule has 6 nitrogen and oxygen atoms in total. The van der Waals surface area contributed by atoms with E-state index in [1.165, 1.54) is 10.9 Å². The van der Waals surface area contributed by atoms with E-state index in [0.29, 0.717) is 18.8 Å². The average molecular weight is 261 g/mol. The van der Waals surface area contributed by atoms with Gasteiger partial charge in [-0.2, -0.15) is 0 Å². The Kier molecular flexibility index (Phi) is 4.15. The third-order valence-electron chi connectivity index (χ3n) is 2.62. The molecule has 0 fully saturated rings. The summed E-state index contributed by atoms with van der Waals surface area (Å²) in [6, 6.07) is 9.06. The zero-order chi connectivity index (χ0) is 13.7. The Morgan fingerprint density at radius 2 is 2.11 bits per heavy atom. The Balaban J connectivity index is 2.19. The summed E-state index contributed by atoms with van der Waals surface area (Å²) in [5.41, 5.74) is 0.393. The number of para-hydroxylation sites is 1. The lowest BCUT2D eigenvalue weighted by atomic mass is 10.3. The molecule has 0 unspecified atom stereocenters. The zero-order valence-electron chi connectivity index (χ0n) is 10.6. The van der Waals surface area contributed by atoms with Crippen LogP contribution in [0, 0.1) is 0 Å². The molecular formula is C13H15N3O3. The van der Waals surface area contributed by atoms with E-state index in [0.717, 1.165) is 0 Å². The first-order valence-corrected chi connectivity index (χ1v) is 5.87. The van der Waals surface area contributed by atoms with Gasteiger partial charge in [-0.15, -0.1) is 0 Å². The molecule has 0 aliphatic heterocycles. The number of methoxy groups -OCH3 is 1. The quantitative estimate of drug-likeness (QED) is 0.771. The molecule has 2 aromatic rings. The van der Waals surface area contributed by atoms with Crippen LogP contribution in [-0.4, -0.2) is 35.9 Å². The van der Waals surface area contributed by atoms with Gasteiger partial charge in [0.1, 0.15) is 5.56 Å². The molecule has 2 rings (SSSR count). The normalized spacial score (nSPS) is 10.4. The second kappa shape index (κ2) is 6.01. The van der Waals surface area contributed by atoms with Crippen LogP contribution in [0.15, 0.2) is 41.3 Å². The van der Waals surface area contributed by atoms with Crippen LogP contribution in [0.4, 0.5) is 0 Å². The number of rotatable bonds is 5. The molecule has 1 heterocycles. The summed E-state index contributed by atoms with van der Waals surface area (Å²) < 4.78 is 6.15. The Hall–Kier alpha value is -2.34. The molecule has 1 aromatic heterocycles. The molecule has 2 N–H and O–H groups in total. The van der Waals surface area contributed by atoms with E-state index in [4.69, 9.17) is 4.74 Å². The number of hydrogen-bond donors (Lipinski definition) is 2. The van der Waals surface area contributed by atoms with E-state index >= 15 is 0 Å². The lowest BCUT2D eigenvalue weighted by molar-refractivity contribution is 0.0936. The van der Waals surface area contributed by atoms with Gasteiger partial charge in [-0.05, 0) is 12.1 Å². The summed E-state index contributed by atoms with van der Waals surface area (Å²) in [7, 11) is 1.55. The summed E-state index contributed by atoms with van der Waals surface area (Å²) in [6.45, 7) is 0.772. The fourth-order valence-corrected chi connectivity index (χ4v) is 1.66. The second-order valence-corrected chi connectivity index (χ2v) is 3.91. The van der Waals surface area contributed by atoms with Gasteiger partial charge in [-0.25, -0.2) is 4.68 Å². The minimum absolute atomic E-state index is 0.0833. The first-order valence-electron chi connectivity index (χ1n) is 5.87. The van der Waals surface area contributed by atoms with Crippen LogP contribution in [0.3, 0.4) is 0 Å². The van der Waals surface area contributed by atoms with Gasteiger partial charge >= 0.3 is 0 Å². The fourth-order valence-electron chi connectivity index (χ4n) is 1.66. The molecule has 1 aromatic carbocycles. The summed E-state index contributed by atoms with van der Waals surface area (Å²) in [4.78, 5) is 23.9. The Bertz CT molecular complexity index is 601. The van der Waals surface area contributed by atoms with Gasteiger partial charge in [0.2, 0.25) is 0 Å². The van der Waals surface area contributed by atoms with Crippen LogP contribution in [0.2, 0.25) is 0 Å². The lowest BCUT2D eigenvalue weighted by Crippen LogP contribution is -2.31. The molecule has 0 aliphatic rings. The van der Waals surface area contributed by atoms with E-state index in [9.17, 15) is 9.59 Å². The lowest BCUT2D eigenvalue weighted by Gasteiger charge is -2.01. The third-order valence-corrected chi connectivity index (χ3v) is 2.62. The molecule has 0 radical (unpaired) electrons. The van der Waals surface area contributed by atoms with Gasteiger partial charge in [-0.3, -0.25) is 14.7 Å². The number of carbonyl (C=O) groups is 1. The average Bonchev–Trinajstić information content (AvgIpc) is 2.82. The van der Waals surface area contributed by atoms with Gasteiger partial charge in [0.25, 0.3) is 11.5 Å². The van der Waals surface area contributed by atoms with E-state index in [2.05, 4.69) is 10.4 Å². The van der Waals surface area contributed by atoms with Crippen molar-refractivity contribution in [3.05, 3.63) is 52.4 Å². The van der Waals surface area contributed by atoms with Gasteiger partial charge in [0.15, 0.2) is 0 Å². The highest BCUT2D eigenvalue weighted by molar-refractivity contribution is 5.93. The number of benzene rings is 1. The number of hydrogen-bond acceptors (Lipinski definition) is 3. The molecular weight excluding hydrogens is 246 g/mol. The number of nitrogens with zero attached hydrogens (tertiary/aromatic N) is 1. The monoisotopic (exact) mass is 261 g/mol. The maximum Gasteiger partial charge on any atom is 0.284 e. The molecule has 0 spiro atoms. The topological polar surface area (TPSA) is 76.1 Å². The molecule has 6 heteroatoms. The highest BCUT2D eigenvalue weighted by atomic mass is 16.5. The first kappa shape index (κ1) is 13.1. The number of aromatic nitrogens is 2. The summed E-state index contributed by atoms with van der Waals surface area (Å²) in [5.74, 6) is -0.409. The Morgan fingerprint density at radius 3 is 2.79 bits per heavy atom.